The van der Waals surface area contributed by atoms with Crippen LogP contribution in [0.1, 0.15) is 24.8 Å². The average molecular weight is 210 g/mol. The monoisotopic (exact) mass is 210 g/mol. The number of thiophene rings is 1. The van der Waals surface area contributed by atoms with Gasteiger partial charge in [-0.25, -0.2) is 0 Å². The first-order valence-corrected chi connectivity index (χ1v) is 5.55. The Bertz CT molecular complexity index is 332. The number of carbonyl (C=O) groups excluding carboxylic acids is 1. The first-order valence-electron chi connectivity index (χ1n) is 4.67. The Morgan fingerprint density at radius 2 is 2.36 bits per heavy atom. The largest absolute Gasteiger partial charge is 0.348 e. The Balaban J connectivity index is 2.14. The van der Waals surface area contributed by atoms with E-state index in [4.69, 9.17) is 0 Å². The minimum absolute atomic E-state index is 0.0729. The van der Waals surface area contributed by atoms with Crippen LogP contribution in [0.2, 0.25) is 0 Å². The molecule has 1 unspecified atom stereocenters. The highest BCUT2D eigenvalue weighted by Gasteiger charge is 2.33. The van der Waals surface area contributed by atoms with E-state index >= 15 is 0 Å². The van der Waals surface area contributed by atoms with Crippen molar-refractivity contribution in [3.63, 3.8) is 0 Å². The summed E-state index contributed by atoms with van der Waals surface area (Å²) < 4.78 is 0. The quantitative estimate of drug-likeness (QED) is 0.733. The van der Waals surface area contributed by atoms with Crippen LogP contribution < -0.4 is 10.6 Å². The molecule has 1 saturated heterocycles. The van der Waals surface area contributed by atoms with Gasteiger partial charge >= 0.3 is 0 Å². The number of amides is 1. The van der Waals surface area contributed by atoms with Crippen molar-refractivity contribution in [1.29, 1.82) is 0 Å². The first kappa shape index (κ1) is 9.68. The maximum Gasteiger partial charge on any atom is 0.243 e. The highest BCUT2D eigenvalue weighted by Crippen LogP contribution is 2.22. The molecule has 4 heteroatoms. The van der Waals surface area contributed by atoms with Gasteiger partial charge in [0.05, 0.1) is 0 Å². The number of piperazine rings is 1. The molecule has 1 atom stereocenters. The minimum atomic E-state index is -0.164. The predicted octanol–water partition coefficient (Wildman–Crippen LogP) is 1.29. The molecule has 1 aromatic rings. The molecular formula is C10H14N2OS. The molecule has 76 valence electrons. The normalized spacial score (nSPS) is 25.9. The number of carbonyl (C=O) groups is 1. The van der Waals surface area contributed by atoms with Gasteiger partial charge in [0, 0.05) is 17.0 Å². The van der Waals surface area contributed by atoms with Crippen LogP contribution in [0.4, 0.5) is 0 Å². The molecule has 1 aliphatic heterocycles. The molecule has 2 heterocycles. The molecule has 0 radical (unpaired) electrons. The summed E-state index contributed by atoms with van der Waals surface area (Å²) in [6, 6.07) is 3.79. The van der Waals surface area contributed by atoms with E-state index in [2.05, 4.69) is 10.6 Å². The Morgan fingerprint density at radius 3 is 2.93 bits per heavy atom. The lowest BCUT2D eigenvalue weighted by atomic mass is 10.00. The Kier molecular flexibility index (Phi) is 2.33. The molecule has 3 nitrogen and oxygen atoms in total. The van der Waals surface area contributed by atoms with Gasteiger partial charge in [0.1, 0.15) is 6.04 Å². The summed E-state index contributed by atoms with van der Waals surface area (Å²) in [7, 11) is 0. The lowest BCUT2D eigenvalue weighted by Gasteiger charge is -2.35. The molecule has 0 spiro atoms. The zero-order valence-electron chi connectivity index (χ0n) is 8.33. The molecule has 2 N–H and O–H groups in total. The third-order valence-electron chi connectivity index (χ3n) is 2.30. The van der Waals surface area contributed by atoms with Gasteiger partial charge in [0.25, 0.3) is 0 Å². The molecule has 1 amide bonds. The second kappa shape index (κ2) is 3.37. The van der Waals surface area contributed by atoms with Gasteiger partial charge in [0.15, 0.2) is 0 Å². The second-order valence-electron chi connectivity index (χ2n) is 4.20. The molecule has 0 aromatic carbocycles. The van der Waals surface area contributed by atoms with Gasteiger partial charge in [-0.1, -0.05) is 6.07 Å². The summed E-state index contributed by atoms with van der Waals surface area (Å²) in [6.07, 6.45) is 0. The standard InChI is InChI=1S/C10H14N2OS/c1-10(2)6-11-8(9(13)12-10)7-4-3-5-14-7/h3-5,8,11H,6H2,1-2H3,(H,12,13). The third-order valence-corrected chi connectivity index (χ3v) is 3.24. The van der Waals surface area contributed by atoms with E-state index in [1.54, 1.807) is 11.3 Å². The Morgan fingerprint density at radius 1 is 1.57 bits per heavy atom. The molecule has 2 rings (SSSR count). The number of hydrogen-bond acceptors (Lipinski definition) is 3. The lowest BCUT2D eigenvalue weighted by molar-refractivity contribution is -0.126. The highest BCUT2D eigenvalue weighted by atomic mass is 32.1. The van der Waals surface area contributed by atoms with E-state index in [0.717, 1.165) is 11.4 Å². The fraction of sp³-hybridized carbons (Fsp3) is 0.500. The number of hydrogen-bond donors (Lipinski definition) is 2. The summed E-state index contributed by atoms with van der Waals surface area (Å²) >= 11 is 1.61. The Hall–Kier alpha value is -0.870. The number of nitrogens with one attached hydrogen (secondary N) is 2. The lowest BCUT2D eigenvalue weighted by Crippen LogP contribution is -2.59. The predicted molar refractivity (Wildman–Crippen MR) is 57.3 cm³/mol. The van der Waals surface area contributed by atoms with Crippen molar-refractivity contribution in [3.05, 3.63) is 22.4 Å². The SMILES string of the molecule is CC1(C)CNC(c2cccs2)C(=O)N1. The highest BCUT2D eigenvalue weighted by molar-refractivity contribution is 7.10. The summed E-state index contributed by atoms with van der Waals surface area (Å²) in [6.45, 7) is 4.84. The van der Waals surface area contributed by atoms with Gasteiger partial charge in [0.2, 0.25) is 5.91 Å². The van der Waals surface area contributed by atoms with Crippen LogP contribution in [-0.4, -0.2) is 18.0 Å². The van der Waals surface area contributed by atoms with Gasteiger partial charge < -0.3 is 5.32 Å². The van der Waals surface area contributed by atoms with E-state index in [1.807, 2.05) is 31.4 Å². The van der Waals surface area contributed by atoms with Crippen molar-refractivity contribution in [3.8, 4) is 0 Å². The van der Waals surface area contributed by atoms with Crippen LogP contribution in [0.15, 0.2) is 17.5 Å². The Labute approximate surface area is 87.5 Å². The van der Waals surface area contributed by atoms with E-state index in [-0.39, 0.29) is 17.5 Å². The maximum atomic E-state index is 11.7. The zero-order chi connectivity index (χ0) is 10.2. The van der Waals surface area contributed by atoms with Gasteiger partial charge in [-0.3, -0.25) is 10.1 Å². The van der Waals surface area contributed by atoms with E-state index in [0.29, 0.717) is 0 Å². The van der Waals surface area contributed by atoms with Crippen molar-refractivity contribution >= 4 is 17.2 Å². The second-order valence-corrected chi connectivity index (χ2v) is 5.18. The van der Waals surface area contributed by atoms with Crippen LogP contribution >= 0.6 is 11.3 Å². The molecule has 14 heavy (non-hydrogen) atoms. The van der Waals surface area contributed by atoms with Gasteiger partial charge in [-0.05, 0) is 25.3 Å². The van der Waals surface area contributed by atoms with Crippen LogP contribution in [0, 0.1) is 0 Å². The number of rotatable bonds is 1. The maximum absolute atomic E-state index is 11.7. The topological polar surface area (TPSA) is 41.1 Å². The van der Waals surface area contributed by atoms with Crippen molar-refractivity contribution in [2.45, 2.75) is 25.4 Å². The molecule has 1 fully saturated rings. The summed E-state index contributed by atoms with van der Waals surface area (Å²) in [5.74, 6) is 0.0729. The summed E-state index contributed by atoms with van der Waals surface area (Å²) in [5, 5.41) is 8.25. The first-order chi connectivity index (χ1) is 6.58. The summed E-state index contributed by atoms with van der Waals surface area (Å²) in [5.41, 5.74) is -0.134. The van der Waals surface area contributed by atoms with Gasteiger partial charge in [-0.15, -0.1) is 11.3 Å². The van der Waals surface area contributed by atoms with Crippen molar-refractivity contribution in [2.75, 3.05) is 6.54 Å². The molecule has 1 aliphatic rings. The molecular weight excluding hydrogens is 196 g/mol. The van der Waals surface area contributed by atoms with Crippen LogP contribution in [-0.2, 0) is 4.79 Å². The molecule has 0 saturated carbocycles. The van der Waals surface area contributed by atoms with Gasteiger partial charge in [-0.2, -0.15) is 0 Å². The molecule has 1 aromatic heterocycles. The van der Waals surface area contributed by atoms with E-state index in [1.165, 1.54) is 0 Å². The zero-order valence-corrected chi connectivity index (χ0v) is 9.15. The van der Waals surface area contributed by atoms with Crippen LogP contribution in [0.5, 0.6) is 0 Å². The fourth-order valence-corrected chi connectivity index (χ4v) is 2.38. The smallest absolute Gasteiger partial charge is 0.243 e. The van der Waals surface area contributed by atoms with Crippen molar-refractivity contribution in [1.82, 2.24) is 10.6 Å². The van der Waals surface area contributed by atoms with Crippen LogP contribution in [0.3, 0.4) is 0 Å². The molecule has 0 aliphatic carbocycles. The molecule has 0 bridgehead atoms. The van der Waals surface area contributed by atoms with E-state index in [9.17, 15) is 4.79 Å². The fourth-order valence-electron chi connectivity index (χ4n) is 1.59. The van der Waals surface area contributed by atoms with Crippen LogP contribution in [0.25, 0.3) is 0 Å². The van der Waals surface area contributed by atoms with Crippen molar-refractivity contribution < 1.29 is 4.79 Å². The minimum Gasteiger partial charge on any atom is -0.348 e. The summed E-state index contributed by atoms with van der Waals surface area (Å²) in [4.78, 5) is 12.8. The third kappa shape index (κ3) is 1.81. The van der Waals surface area contributed by atoms with Crippen molar-refractivity contribution in [2.24, 2.45) is 0 Å². The van der Waals surface area contributed by atoms with E-state index < -0.39 is 0 Å². The average Bonchev–Trinajstić information content (AvgIpc) is 2.54.